The lowest BCUT2D eigenvalue weighted by Crippen LogP contribution is -2.24. The Bertz CT molecular complexity index is 607. The fourth-order valence-corrected chi connectivity index (χ4v) is 3.00. The number of methoxy groups -OCH3 is 1. The van der Waals surface area contributed by atoms with Crippen molar-refractivity contribution < 1.29 is 9.84 Å². The van der Waals surface area contributed by atoms with E-state index in [1.54, 1.807) is 13.2 Å². The molecule has 1 aliphatic rings. The quantitative estimate of drug-likeness (QED) is 0.901. The predicted molar refractivity (Wildman–Crippen MR) is 83.6 cm³/mol. The van der Waals surface area contributed by atoms with E-state index in [-0.39, 0.29) is 0 Å². The summed E-state index contributed by atoms with van der Waals surface area (Å²) in [6.45, 7) is 0.842. The minimum Gasteiger partial charge on any atom is -0.508 e. The molecule has 0 amide bonds. The Hall–Kier alpha value is -2.00. The number of ether oxygens (including phenoxy) is 1. The summed E-state index contributed by atoms with van der Waals surface area (Å²) in [5, 5.41) is 13.2. The summed E-state index contributed by atoms with van der Waals surface area (Å²) < 4.78 is 5.18. The van der Waals surface area contributed by atoms with Crippen molar-refractivity contribution in [3.8, 4) is 11.5 Å². The van der Waals surface area contributed by atoms with Gasteiger partial charge in [0.25, 0.3) is 0 Å². The Labute approximate surface area is 125 Å². The maximum Gasteiger partial charge on any atom is 0.118 e. The first-order valence-electron chi connectivity index (χ1n) is 7.44. The lowest BCUT2D eigenvalue weighted by Gasteiger charge is -2.26. The molecule has 2 N–H and O–H groups in total. The van der Waals surface area contributed by atoms with Crippen molar-refractivity contribution in [2.24, 2.45) is 0 Å². The first-order valence-corrected chi connectivity index (χ1v) is 7.44. The topological polar surface area (TPSA) is 41.5 Å². The highest BCUT2D eigenvalue weighted by Crippen LogP contribution is 2.32. The van der Waals surface area contributed by atoms with E-state index in [0.717, 1.165) is 31.6 Å². The van der Waals surface area contributed by atoms with Gasteiger partial charge in [0.2, 0.25) is 0 Å². The molecule has 0 saturated carbocycles. The Kier molecular flexibility index (Phi) is 4.11. The van der Waals surface area contributed by atoms with Crippen molar-refractivity contribution >= 4 is 0 Å². The van der Waals surface area contributed by atoms with Gasteiger partial charge in [-0.05, 0) is 60.2 Å². The van der Waals surface area contributed by atoms with Gasteiger partial charge in [-0.25, -0.2) is 0 Å². The molecule has 21 heavy (non-hydrogen) atoms. The zero-order chi connectivity index (χ0) is 14.7. The van der Waals surface area contributed by atoms with E-state index in [1.807, 2.05) is 18.2 Å². The number of phenols is 1. The molecule has 1 atom stereocenters. The van der Waals surface area contributed by atoms with Gasteiger partial charge >= 0.3 is 0 Å². The number of phenolic OH excluding ortho intramolecular Hbond substituents is 1. The van der Waals surface area contributed by atoms with E-state index in [4.69, 9.17) is 4.74 Å². The second-order valence-electron chi connectivity index (χ2n) is 5.56. The maximum absolute atomic E-state index is 9.60. The lowest BCUT2D eigenvalue weighted by molar-refractivity contribution is 0.414. The summed E-state index contributed by atoms with van der Waals surface area (Å²) >= 11 is 0. The van der Waals surface area contributed by atoms with Crippen molar-refractivity contribution in [2.75, 3.05) is 7.11 Å². The van der Waals surface area contributed by atoms with E-state index in [9.17, 15) is 5.11 Å². The van der Waals surface area contributed by atoms with Crippen molar-refractivity contribution in [3.05, 3.63) is 59.2 Å². The first-order chi connectivity index (χ1) is 10.3. The van der Waals surface area contributed by atoms with Crippen LogP contribution in [-0.2, 0) is 13.0 Å². The Morgan fingerprint density at radius 1 is 1.19 bits per heavy atom. The van der Waals surface area contributed by atoms with E-state index in [2.05, 4.69) is 23.5 Å². The van der Waals surface area contributed by atoms with Gasteiger partial charge in [0.05, 0.1) is 7.11 Å². The van der Waals surface area contributed by atoms with Gasteiger partial charge in [0.15, 0.2) is 0 Å². The number of benzene rings is 2. The Morgan fingerprint density at radius 3 is 2.76 bits per heavy atom. The average molecular weight is 283 g/mol. The van der Waals surface area contributed by atoms with Gasteiger partial charge in [-0.15, -0.1) is 0 Å². The third-order valence-electron chi connectivity index (χ3n) is 4.15. The minimum atomic E-state index is 0.365. The molecule has 3 nitrogen and oxygen atoms in total. The predicted octanol–water partition coefficient (Wildman–Crippen LogP) is 3.57. The molecule has 2 aromatic carbocycles. The standard InChI is InChI=1S/C18H21NO2/c1-21-16-8-5-13(6-9-16)12-19-18-4-2-3-14-11-15(20)7-10-17(14)18/h5-11,18-20H,2-4,12H2,1H3. The smallest absolute Gasteiger partial charge is 0.118 e. The van der Waals surface area contributed by atoms with Gasteiger partial charge < -0.3 is 15.2 Å². The van der Waals surface area contributed by atoms with Crippen LogP contribution in [0.4, 0.5) is 0 Å². The molecule has 0 spiro atoms. The third kappa shape index (κ3) is 3.19. The van der Waals surface area contributed by atoms with Crippen LogP contribution in [0.25, 0.3) is 0 Å². The number of hydrogen-bond acceptors (Lipinski definition) is 3. The molecule has 0 heterocycles. The van der Waals surface area contributed by atoms with Crippen LogP contribution in [0.1, 0.15) is 35.6 Å². The van der Waals surface area contributed by atoms with Crippen molar-refractivity contribution in [2.45, 2.75) is 31.8 Å². The fourth-order valence-electron chi connectivity index (χ4n) is 3.00. The third-order valence-corrected chi connectivity index (χ3v) is 4.15. The van der Waals surface area contributed by atoms with Crippen LogP contribution in [0.15, 0.2) is 42.5 Å². The summed E-state index contributed by atoms with van der Waals surface area (Å²) in [5.41, 5.74) is 3.85. The monoisotopic (exact) mass is 283 g/mol. The molecule has 1 unspecified atom stereocenters. The van der Waals surface area contributed by atoms with Crippen molar-refractivity contribution in [3.63, 3.8) is 0 Å². The van der Waals surface area contributed by atoms with Gasteiger partial charge in [-0.1, -0.05) is 18.2 Å². The second-order valence-corrected chi connectivity index (χ2v) is 5.56. The van der Waals surface area contributed by atoms with Crippen LogP contribution >= 0.6 is 0 Å². The summed E-state index contributed by atoms with van der Waals surface area (Å²) in [6, 6.07) is 14.3. The molecule has 3 heteroatoms. The number of hydrogen-bond donors (Lipinski definition) is 2. The Morgan fingerprint density at radius 2 is 2.00 bits per heavy atom. The molecular weight excluding hydrogens is 262 g/mol. The highest BCUT2D eigenvalue weighted by atomic mass is 16.5. The molecule has 2 aromatic rings. The van der Waals surface area contributed by atoms with Gasteiger partial charge in [-0.3, -0.25) is 0 Å². The minimum absolute atomic E-state index is 0.365. The average Bonchev–Trinajstić information content (AvgIpc) is 2.53. The number of rotatable bonds is 4. The normalized spacial score (nSPS) is 17.3. The second kappa shape index (κ2) is 6.19. The Balaban J connectivity index is 1.68. The molecule has 0 radical (unpaired) electrons. The molecule has 0 fully saturated rings. The first kappa shape index (κ1) is 14.0. The number of aromatic hydroxyl groups is 1. The molecule has 0 saturated heterocycles. The highest BCUT2D eigenvalue weighted by molar-refractivity contribution is 5.38. The van der Waals surface area contributed by atoms with Crippen LogP contribution < -0.4 is 10.1 Å². The van der Waals surface area contributed by atoms with E-state index in [0.29, 0.717) is 11.8 Å². The SMILES string of the molecule is COc1ccc(CNC2CCCc3cc(O)ccc32)cc1. The molecule has 1 aliphatic carbocycles. The van der Waals surface area contributed by atoms with Crippen LogP contribution in [0.5, 0.6) is 11.5 Å². The number of fused-ring (bicyclic) bond motifs is 1. The van der Waals surface area contributed by atoms with Crippen LogP contribution in [0.3, 0.4) is 0 Å². The number of nitrogens with one attached hydrogen (secondary N) is 1. The molecule has 0 aliphatic heterocycles. The van der Waals surface area contributed by atoms with E-state index in [1.165, 1.54) is 16.7 Å². The van der Waals surface area contributed by atoms with Crippen LogP contribution in [0.2, 0.25) is 0 Å². The van der Waals surface area contributed by atoms with Gasteiger partial charge in [-0.2, -0.15) is 0 Å². The number of aryl methyl sites for hydroxylation is 1. The summed E-state index contributed by atoms with van der Waals surface area (Å²) in [7, 11) is 1.68. The zero-order valence-corrected chi connectivity index (χ0v) is 12.3. The molecular formula is C18H21NO2. The summed E-state index contributed by atoms with van der Waals surface area (Å²) in [6.07, 6.45) is 3.37. The molecule has 0 aromatic heterocycles. The lowest BCUT2D eigenvalue weighted by atomic mass is 9.87. The van der Waals surface area contributed by atoms with Crippen molar-refractivity contribution in [1.82, 2.24) is 5.32 Å². The van der Waals surface area contributed by atoms with Gasteiger partial charge in [0.1, 0.15) is 11.5 Å². The van der Waals surface area contributed by atoms with E-state index >= 15 is 0 Å². The van der Waals surface area contributed by atoms with Crippen LogP contribution in [-0.4, -0.2) is 12.2 Å². The maximum atomic E-state index is 9.60. The summed E-state index contributed by atoms with van der Waals surface area (Å²) in [4.78, 5) is 0. The highest BCUT2D eigenvalue weighted by Gasteiger charge is 2.19. The fraction of sp³-hybridized carbons (Fsp3) is 0.333. The van der Waals surface area contributed by atoms with Crippen LogP contribution in [0, 0.1) is 0 Å². The molecule has 3 rings (SSSR count). The zero-order valence-electron chi connectivity index (χ0n) is 12.3. The molecule has 110 valence electrons. The molecule has 0 bridgehead atoms. The van der Waals surface area contributed by atoms with E-state index < -0.39 is 0 Å². The van der Waals surface area contributed by atoms with Crippen molar-refractivity contribution in [1.29, 1.82) is 0 Å². The summed E-state index contributed by atoms with van der Waals surface area (Å²) in [5.74, 6) is 1.25. The van der Waals surface area contributed by atoms with Gasteiger partial charge in [0, 0.05) is 12.6 Å². The largest absolute Gasteiger partial charge is 0.508 e.